The number of aliphatic hydroxyl groups is 1. The van der Waals surface area contributed by atoms with Gasteiger partial charge in [-0.05, 0) is 31.9 Å². The number of aromatic hydroxyl groups is 1. The van der Waals surface area contributed by atoms with Crippen LogP contribution >= 0.6 is 0 Å². The summed E-state index contributed by atoms with van der Waals surface area (Å²) in [4.78, 5) is 12.2. The summed E-state index contributed by atoms with van der Waals surface area (Å²) in [6, 6.07) is 4.93. The Balaban J connectivity index is 2.03. The second-order valence-electron chi connectivity index (χ2n) is 6.05. The highest BCUT2D eigenvalue weighted by Crippen LogP contribution is 2.35. The molecule has 1 aliphatic carbocycles. The molecule has 4 nitrogen and oxygen atoms in total. The molecule has 0 spiro atoms. The zero-order chi connectivity index (χ0) is 14.8. The Labute approximate surface area is 119 Å². The zero-order valence-electron chi connectivity index (χ0n) is 12.1. The lowest BCUT2D eigenvalue weighted by Gasteiger charge is -2.38. The van der Waals surface area contributed by atoms with Gasteiger partial charge in [0, 0.05) is 23.1 Å². The molecular weight excluding hydrogens is 254 g/mol. The first-order chi connectivity index (χ1) is 9.44. The van der Waals surface area contributed by atoms with Crippen LogP contribution in [0, 0.1) is 12.3 Å². The van der Waals surface area contributed by atoms with Crippen molar-refractivity contribution < 1.29 is 15.0 Å². The molecule has 1 aromatic rings. The Bertz CT molecular complexity index is 500. The molecule has 20 heavy (non-hydrogen) atoms. The molecule has 2 atom stereocenters. The maximum atomic E-state index is 12.2. The third-order valence-electron chi connectivity index (χ3n) is 4.48. The molecule has 110 valence electrons. The van der Waals surface area contributed by atoms with Gasteiger partial charge < -0.3 is 15.5 Å². The highest BCUT2D eigenvalue weighted by molar-refractivity contribution is 5.96. The third kappa shape index (κ3) is 2.96. The summed E-state index contributed by atoms with van der Waals surface area (Å²) in [6.07, 6.45) is 3.51. The van der Waals surface area contributed by atoms with Crippen molar-refractivity contribution in [3.63, 3.8) is 0 Å². The third-order valence-corrected chi connectivity index (χ3v) is 4.48. The molecule has 3 N–H and O–H groups in total. The van der Waals surface area contributed by atoms with Crippen LogP contribution in [0.4, 0.5) is 0 Å². The minimum absolute atomic E-state index is 0.126. The number of phenols is 1. The highest BCUT2D eigenvalue weighted by Gasteiger charge is 2.35. The number of benzene rings is 1. The van der Waals surface area contributed by atoms with Crippen molar-refractivity contribution in [1.82, 2.24) is 5.32 Å². The predicted molar refractivity (Wildman–Crippen MR) is 77.8 cm³/mol. The van der Waals surface area contributed by atoms with Gasteiger partial charge in [0.15, 0.2) is 0 Å². The van der Waals surface area contributed by atoms with E-state index in [1.165, 1.54) is 0 Å². The number of rotatable bonds is 3. The average molecular weight is 277 g/mol. The lowest BCUT2D eigenvalue weighted by atomic mass is 9.73. The van der Waals surface area contributed by atoms with Crippen molar-refractivity contribution in [1.29, 1.82) is 0 Å². The first-order valence-electron chi connectivity index (χ1n) is 7.19. The van der Waals surface area contributed by atoms with Gasteiger partial charge in [-0.3, -0.25) is 4.79 Å². The quantitative estimate of drug-likeness (QED) is 0.794. The van der Waals surface area contributed by atoms with Crippen molar-refractivity contribution in [2.75, 3.05) is 6.54 Å². The van der Waals surface area contributed by atoms with Gasteiger partial charge >= 0.3 is 0 Å². The second-order valence-corrected chi connectivity index (χ2v) is 6.05. The lowest BCUT2D eigenvalue weighted by molar-refractivity contribution is 0.00190. The highest BCUT2D eigenvalue weighted by atomic mass is 16.3. The topological polar surface area (TPSA) is 69.6 Å². The fourth-order valence-electron chi connectivity index (χ4n) is 2.83. The fraction of sp³-hybridized carbons (Fsp3) is 0.562. The summed E-state index contributed by atoms with van der Waals surface area (Å²) in [5.41, 5.74) is 0.816. The van der Waals surface area contributed by atoms with Crippen molar-refractivity contribution in [2.45, 2.75) is 45.6 Å². The smallest absolute Gasteiger partial charge is 0.251 e. The summed E-state index contributed by atoms with van der Waals surface area (Å²) >= 11 is 0. The molecule has 1 aliphatic rings. The fourth-order valence-corrected chi connectivity index (χ4v) is 2.83. The van der Waals surface area contributed by atoms with Crippen LogP contribution in [0.2, 0.25) is 0 Å². The SMILES string of the molecule is Cc1c(O)cccc1C(=O)NCC1(C)CCCCC1O. The molecular formula is C16H23NO3. The Kier molecular flexibility index (Phi) is 4.33. The molecule has 2 rings (SSSR count). The minimum atomic E-state index is -0.359. The van der Waals surface area contributed by atoms with Crippen LogP contribution < -0.4 is 5.32 Å². The number of hydrogen-bond acceptors (Lipinski definition) is 3. The van der Waals surface area contributed by atoms with Gasteiger partial charge in [0.25, 0.3) is 5.91 Å². The monoisotopic (exact) mass is 277 g/mol. The van der Waals surface area contributed by atoms with Gasteiger partial charge in [0.1, 0.15) is 5.75 Å². The van der Waals surface area contributed by atoms with Crippen LogP contribution in [0.15, 0.2) is 18.2 Å². The van der Waals surface area contributed by atoms with E-state index in [0.29, 0.717) is 17.7 Å². The first-order valence-corrected chi connectivity index (χ1v) is 7.19. The van der Waals surface area contributed by atoms with Gasteiger partial charge in [-0.25, -0.2) is 0 Å². The molecule has 1 aromatic carbocycles. The van der Waals surface area contributed by atoms with Crippen LogP contribution in [0.5, 0.6) is 5.75 Å². The summed E-state index contributed by atoms with van der Waals surface area (Å²) in [5.74, 6) is -0.0704. The second kappa shape index (κ2) is 5.83. The van der Waals surface area contributed by atoms with E-state index in [1.807, 2.05) is 6.92 Å². The largest absolute Gasteiger partial charge is 0.508 e. The molecule has 0 saturated heterocycles. The molecule has 1 amide bonds. The number of amides is 1. The van der Waals surface area contributed by atoms with E-state index in [0.717, 1.165) is 25.7 Å². The molecule has 0 aliphatic heterocycles. The number of carbonyl (C=O) groups is 1. The molecule has 1 fully saturated rings. The van der Waals surface area contributed by atoms with Crippen molar-refractivity contribution in [3.05, 3.63) is 29.3 Å². The molecule has 4 heteroatoms. The van der Waals surface area contributed by atoms with E-state index < -0.39 is 0 Å². The van der Waals surface area contributed by atoms with Gasteiger partial charge in [0.05, 0.1) is 6.10 Å². The minimum Gasteiger partial charge on any atom is -0.508 e. The molecule has 2 unspecified atom stereocenters. The van der Waals surface area contributed by atoms with Gasteiger partial charge in [0.2, 0.25) is 0 Å². The van der Waals surface area contributed by atoms with E-state index >= 15 is 0 Å². The van der Waals surface area contributed by atoms with Crippen molar-refractivity contribution >= 4 is 5.91 Å². The normalized spacial score (nSPS) is 26.2. The summed E-state index contributed by atoms with van der Waals surface area (Å²) < 4.78 is 0. The Morgan fingerprint density at radius 3 is 2.90 bits per heavy atom. The maximum absolute atomic E-state index is 12.2. The van der Waals surface area contributed by atoms with Crippen LogP contribution in [0.25, 0.3) is 0 Å². The van der Waals surface area contributed by atoms with E-state index in [2.05, 4.69) is 5.32 Å². The van der Waals surface area contributed by atoms with Gasteiger partial charge in [-0.2, -0.15) is 0 Å². The van der Waals surface area contributed by atoms with Gasteiger partial charge in [-0.1, -0.05) is 25.8 Å². The van der Waals surface area contributed by atoms with Crippen molar-refractivity contribution in [2.24, 2.45) is 5.41 Å². The zero-order valence-corrected chi connectivity index (χ0v) is 12.1. The first kappa shape index (κ1) is 14.9. The molecule has 0 bridgehead atoms. The van der Waals surface area contributed by atoms with Crippen LogP contribution in [-0.2, 0) is 0 Å². The number of hydrogen-bond donors (Lipinski definition) is 3. The number of phenolic OH excluding ortho intramolecular Hbond substituents is 1. The lowest BCUT2D eigenvalue weighted by Crippen LogP contribution is -2.45. The number of aliphatic hydroxyl groups excluding tert-OH is 1. The Hall–Kier alpha value is -1.55. The molecule has 0 heterocycles. The Morgan fingerprint density at radius 1 is 1.45 bits per heavy atom. The van der Waals surface area contributed by atoms with Crippen LogP contribution in [0.1, 0.15) is 48.5 Å². The summed E-state index contributed by atoms with van der Waals surface area (Å²) in [6.45, 7) is 4.20. The van der Waals surface area contributed by atoms with Crippen LogP contribution in [-0.4, -0.2) is 28.8 Å². The average Bonchev–Trinajstić information content (AvgIpc) is 2.43. The number of nitrogens with one attached hydrogen (secondary N) is 1. The summed E-state index contributed by atoms with van der Waals surface area (Å²) in [5, 5.41) is 22.7. The van der Waals surface area contributed by atoms with Crippen molar-refractivity contribution in [3.8, 4) is 5.75 Å². The van der Waals surface area contributed by atoms with E-state index in [-0.39, 0.29) is 23.2 Å². The standard InChI is InChI=1S/C16H23NO3/c1-11-12(6-5-7-13(11)18)15(20)17-10-16(2)9-4-3-8-14(16)19/h5-7,14,18-19H,3-4,8-10H2,1-2H3,(H,17,20). The summed E-state index contributed by atoms with van der Waals surface area (Å²) in [7, 11) is 0. The van der Waals surface area contributed by atoms with E-state index in [4.69, 9.17) is 0 Å². The van der Waals surface area contributed by atoms with E-state index in [1.54, 1.807) is 25.1 Å². The Morgan fingerprint density at radius 2 is 2.20 bits per heavy atom. The molecule has 0 aromatic heterocycles. The molecule has 1 saturated carbocycles. The van der Waals surface area contributed by atoms with Crippen LogP contribution in [0.3, 0.4) is 0 Å². The predicted octanol–water partition coefficient (Wildman–Crippen LogP) is 2.37. The maximum Gasteiger partial charge on any atom is 0.251 e. The van der Waals surface area contributed by atoms with E-state index in [9.17, 15) is 15.0 Å². The molecule has 0 radical (unpaired) electrons. The van der Waals surface area contributed by atoms with Gasteiger partial charge in [-0.15, -0.1) is 0 Å². The number of carbonyl (C=O) groups excluding carboxylic acids is 1.